The first-order valence-corrected chi connectivity index (χ1v) is 10.5. The SMILES string of the molecule is CCN(CCO)c1ccc(N(c2cccc(-c3ccccc3)c2)c2ccncn2)cc1. The minimum atomic E-state index is 0.134. The highest BCUT2D eigenvalue weighted by Crippen LogP contribution is 2.35. The average molecular weight is 411 g/mol. The second-order valence-corrected chi connectivity index (χ2v) is 7.14. The molecule has 0 saturated heterocycles. The smallest absolute Gasteiger partial charge is 0.140 e. The summed E-state index contributed by atoms with van der Waals surface area (Å²) in [5.74, 6) is 0.802. The van der Waals surface area contributed by atoms with Crippen LogP contribution in [0.5, 0.6) is 0 Å². The van der Waals surface area contributed by atoms with Gasteiger partial charge in [-0.3, -0.25) is 4.90 Å². The van der Waals surface area contributed by atoms with Crippen LogP contribution in [0, 0.1) is 0 Å². The number of hydrogen-bond donors (Lipinski definition) is 1. The Morgan fingerprint density at radius 1 is 0.774 bits per heavy atom. The van der Waals surface area contributed by atoms with Crippen LogP contribution in [-0.4, -0.2) is 34.8 Å². The second kappa shape index (κ2) is 9.87. The highest BCUT2D eigenvalue weighted by atomic mass is 16.3. The highest BCUT2D eigenvalue weighted by molar-refractivity contribution is 5.78. The van der Waals surface area contributed by atoms with Gasteiger partial charge in [-0.2, -0.15) is 0 Å². The summed E-state index contributed by atoms with van der Waals surface area (Å²) in [4.78, 5) is 12.9. The summed E-state index contributed by atoms with van der Waals surface area (Å²) < 4.78 is 0. The van der Waals surface area contributed by atoms with Crippen molar-refractivity contribution < 1.29 is 5.11 Å². The standard InChI is InChI=1S/C26H26N4O/c1-2-29(17-18-31)23-11-13-24(14-12-23)30(26-15-16-27-20-28-26)25-10-6-9-22(19-25)21-7-4-3-5-8-21/h3-16,19-20,31H,2,17-18H2,1H3. The number of anilines is 4. The van der Waals surface area contributed by atoms with Crippen molar-refractivity contribution in [2.45, 2.75) is 6.92 Å². The van der Waals surface area contributed by atoms with Crippen molar-refractivity contribution in [2.75, 3.05) is 29.5 Å². The predicted molar refractivity (Wildman–Crippen MR) is 127 cm³/mol. The minimum absolute atomic E-state index is 0.134. The predicted octanol–water partition coefficient (Wildman–Crippen LogP) is 5.43. The van der Waals surface area contributed by atoms with Crippen molar-refractivity contribution in [3.05, 3.63) is 97.5 Å². The van der Waals surface area contributed by atoms with Crippen LogP contribution in [-0.2, 0) is 0 Å². The zero-order valence-corrected chi connectivity index (χ0v) is 17.6. The Morgan fingerprint density at radius 3 is 2.19 bits per heavy atom. The Bertz CT molecular complexity index is 1090. The summed E-state index contributed by atoms with van der Waals surface area (Å²) in [5.41, 5.74) is 5.43. The van der Waals surface area contributed by atoms with Crippen molar-refractivity contribution in [3.63, 3.8) is 0 Å². The number of aliphatic hydroxyl groups is 1. The van der Waals surface area contributed by atoms with Crippen LogP contribution in [0.4, 0.5) is 22.9 Å². The maximum Gasteiger partial charge on any atom is 0.140 e. The van der Waals surface area contributed by atoms with E-state index in [1.807, 2.05) is 12.1 Å². The van der Waals surface area contributed by atoms with Gasteiger partial charge in [-0.15, -0.1) is 0 Å². The molecule has 31 heavy (non-hydrogen) atoms. The van der Waals surface area contributed by atoms with Gasteiger partial charge in [0, 0.05) is 36.3 Å². The fraction of sp³-hybridized carbons (Fsp3) is 0.154. The van der Waals surface area contributed by atoms with Gasteiger partial charge in [0.25, 0.3) is 0 Å². The van der Waals surface area contributed by atoms with E-state index < -0.39 is 0 Å². The summed E-state index contributed by atoms with van der Waals surface area (Å²) in [6.07, 6.45) is 3.32. The number of likely N-dealkylation sites (N-methyl/N-ethyl adjacent to an activating group) is 1. The van der Waals surface area contributed by atoms with E-state index in [1.165, 1.54) is 5.56 Å². The van der Waals surface area contributed by atoms with Gasteiger partial charge in [0.1, 0.15) is 12.1 Å². The average Bonchev–Trinajstić information content (AvgIpc) is 2.85. The molecule has 0 spiro atoms. The first-order valence-electron chi connectivity index (χ1n) is 10.5. The van der Waals surface area contributed by atoms with E-state index in [1.54, 1.807) is 12.5 Å². The van der Waals surface area contributed by atoms with Crippen molar-refractivity contribution in [1.29, 1.82) is 0 Å². The van der Waals surface area contributed by atoms with Gasteiger partial charge >= 0.3 is 0 Å². The summed E-state index contributed by atoms with van der Waals surface area (Å²) in [6, 6.07) is 29.1. The molecule has 3 aromatic carbocycles. The molecule has 0 amide bonds. The molecule has 1 aromatic heterocycles. The monoisotopic (exact) mass is 410 g/mol. The summed E-state index contributed by atoms with van der Waals surface area (Å²) in [7, 11) is 0. The molecule has 4 aromatic rings. The van der Waals surface area contributed by atoms with Gasteiger partial charge in [-0.25, -0.2) is 9.97 Å². The van der Waals surface area contributed by atoms with E-state index in [-0.39, 0.29) is 6.61 Å². The van der Waals surface area contributed by atoms with Crippen LogP contribution < -0.4 is 9.80 Å². The van der Waals surface area contributed by atoms with Crippen LogP contribution in [0.15, 0.2) is 97.5 Å². The topological polar surface area (TPSA) is 52.5 Å². The lowest BCUT2D eigenvalue weighted by Gasteiger charge is -2.26. The number of rotatable bonds is 8. The molecule has 5 nitrogen and oxygen atoms in total. The van der Waals surface area contributed by atoms with E-state index >= 15 is 0 Å². The lowest BCUT2D eigenvalue weighted by molar-refractivity contribution is 0.302. The summed E-state index contributed by atoms with van der Waals surface area (Å²) >= 11 is 0. The third-order valence-corrected chi connectivity index (χ3v) is 5.23. The molecule has 0 aliphatic carbocycles. The fourth-order valence-electron chi connectivity index (χ4n) is 3.69. The van der Waals surface area contributed by atoms with E-state index in [4.69, 9.17) is 0 Å². The molecule has 0 fully saturated rings. The van der Waals surface area contributed by atoms with E-state index in [0.717, 1.165) is 35.0 Å². The molecule has 0 bridgehead atoms. The van der Waals surface area contributed by atoms with Crippen LogP contribution in [0.25, 0.3) is 11.1 Å². The maximum atomic E-state index is 9.33. The first-order chi connectivity index (χ1) is 15.3. The van der Waals surface area contributed by atoms with Gasteiger partial charge < -0.3 is 10.0 Å². The largest absolute Gasteiger partial charge is 0.395 e. The first kappa shape index (κ1) is 20.6. The lowest BCUT2D eigenvalue weighted by Crippen LogP contribution is -2.26. The van der Waals surface area contributed by atoms with Crippen molar-refractivity contribution >= 4 is 22.9 Å². The van der Waals surface area contributed by atoms with E-state index in [0.29, 0.717) is 6.54 Å². The zero-order chi connectivity index (χ0) is 21.5. The molecule has 0 saturated carbocycles. The van der Waals surface area contributed by atoms with Crippen LogP contribution in [0.2, 0.25) is 0 Å². The Balaban J connectivity index is 1.75. The molecule has 0 aliphatic rings. The van der Waals surface area contributed by atoms with E-state index in [2.05, 4.69) is 99.5 Å². The van der Waals surface area contributed by atoms with E-state index in [9.17, 15) is 5.11 Å². The third kappa shape index (κ3) is 4.73. The molecule has 1 heterocycles. The van der Waals surface area contributed by atoms with Crippen molar-refractivity contribution in [1.82, 2.24) is 9.97 Å². The van der Waals surface area contributed by atoms with Gasteiger partial charge in [-0.05, 0) is 60.5 Å². The molecule has 0 aliphatic heterocycles. The molecular formula is C26H26N4O. The molecule has 156 valence electrons. The number of aromatic nitrogens is 2. The normalized spacial score (nSPS) is 10.6. The molecular weight excluding hydrogens is 384 g/mol. The van der Waals surface area contributed by atoms with Crippen molar-refractivity contribution in [3.8, 4) is 11.1 Å². The molecule has 1 N–H and O–H groups in total. The highest BCUT2D eigenvalue weighted by Gasteiger charge is 2.15. The van der Waals surface area contributed by atoms with Gasteiger partial charge in [0.05, 0.1) is 6.61 Å². The molecule has 4 rings (SSSR count). The summed E-state index contributed by atoms with van der Waals surface area (Å²) in [5, 5.41) is 9.33. The maximum absolute atomic E-state index is 9.33. The molecule has 0 unspecified atom stereocenters. The molecule has 0 radical (unpaired) electrons. The van der Waals surface area contributed by atoms with Crippen molar-refractivity contribution in [2.24, 2.45) is 0 Å². The lowest BCUT2D eigenvalue weighted by atomic mass is 10.0. The molecule has 5 heteroatoms. The minimum Gasteiger partial charge on any atom is -0.395 e. The van der Waals surface area contributed by atoms with Crippen LogP contribution in [0.3, 0.4) is 0 Å². The van der Waals surface area contributed by atoms with Crippen LogP contribution >= 0.6 is 0 Å². The fourth-order valence-corrected chi connectivity index (χ4v) is 3.69. The zero-order valence-electron chi connectivity index (χ0n) is 17.6. The quantitative estimate of drug-likeness (QED) is 0.420. The molecule has 0 atom stereocenters. The van der Waals surface area contributed by atoms with Gasteiger partial charge in [-0.1, -0.05) is 42.5 Å². The van der Waals surface area contributed by atoms with Gasteiger partial charge in [0.15, 0.2) is 0 Å². The number of nitrogens with zero attached hydrogens (tertiary/aromatic N) is 4. The third-order valence-electron chi connectivity index (χ3n) is 5.23. The Kier molecular flexibility index (Phi) is 6.55. The Hall–Kier alpha value is -3.70. The number of aliphatic hydroxyl groups excluding tert-OH is 1. The van der Waals surface area contributed by atoms with Gasteiger partial charge in [0.2, 0.25) is 0 Å². The Morgan fingerprint density at radius 2 is 1.52 bits per heavy atom. The second-order valence-electron chi connectivity index (χ2n) is 7.14. The Labute approximate surface area is 183 Å². The van der Waals surface area contributed by atoms with Crippen LogP contribution in [0.1, 0.15) is 6.92 Å². The number of hydrogen-bond acceptors (Lipinski definition) is 5. The summed E-state index contributed by atoms with van der Waals surface area (Å²) in [6.45, 7) is 3.68. The number of benzene rings is 3.